The molecule has 17 heavy (non-hydrogen) atoms. The molecule has 0 saturated carbocycles. The largest absolute Gasteiger partial charge is 0.457 e. The minimum absolute atomic E-state index is 0.875. The molecule has 0 aliphatic heterocycles. The van der Waals surface area contributed by atoms with Crippen molar-refractivity contribution in [1.29, 1.82) is 0 Å². The first kappa shape index (κ1) is 12.4. The Kier molecular flexibility index (Phi) is 4.40. The van der Waals surface area contributed by atoms with Crippen LogP contribution in [0.2, 0.25) is 0 Å². The van der Waals surface area contributed by atoms with Gasteiger partial charge in [0.05, 0.1) is 0 Å². The van der Waals surface area contributed by atoms with Crippen LogP contribution in [-0.4, -0.2) is 12.5 Å². The Morgan fingerprint density at radius 1 is 0.647 bits per heavy atom. The van der Waals surface area contributed by atoms with Crippen LogP contribution in [0.15, 0.2) is 58.3 Å². The highest BCUT2D eigenvalue weighted by atomic mass is 32.2. The van der Waals surface area contributed by atoms with Crippen LogP contribution in [0.1, 0.15) is 0 Å². The Bertz CT molecular complexity index is 417. The molecule has 0 amide bonds. The van der Waals surface area contributed by atoms with Gasteiger partial charge < -0.3 is 4.74 Å². The van der Waals surface area contributed by atoms with Crippen molar-refractivity contribution in [3.8, 4) is 11.5 Å². The fourth-order valence-corrected chi connectivity index (χ4v) is 2.24. The maximum atomic E-state index is 5.76. The van der Waals surface area contributed by atoms with Crippen LogP contribution in [-0.2, 0) is 0 Å². The van der Waals surface area contributed by atoms with Gasteiger partial charge >= 0.3 is 0 Å². The zero-order chi connectivity index (χ0) is 12.1. The second-order valence-corrected chi connectivity index (χ2v) is 5.21. The number of ether oxygens (including phenoxy) is 1. The Balaban J connectivity index is 2.08. The van der Waals surface area contributed by atoms with Crippen LogP contribution < -0.4 is 4.74 Å². The van der Waals surface area contributed by atoms with Crippen LogP contribution in [0, 0.1) is 0 Å². The van der Waals surface area contributed by atoms with Crippen LogP contribution in [0.3, 0.4) is 0 Å². The monoisotopic (exact) mass is 262 g/mol. The molecule has 2 aromatic rings. The minimum Gasteiger partial charge on any atom is -0.457 e. The molecule has 3 heteroatoms. The number of hydrogen-bond donors (Lipinski definition) is 0. The fraction of sp³-hybridized carbons (Fsp3) is 0.143. The predicted molar refractivity (Wildman–Crippen MR) is 76.5 cm³/mol. The number of benzene rings is 2. The van der Waals surface area contributed by atoms with Crippen LogP contribution in [0.25, 0.3) is 0 Å². The fourth-order valence-electron chi connectivity index (χ4n) is 1.42. The summed E-state index contributed by atoms with van der Waals surface area (Å²) in [6.07, 6.45) is 4.13. The first-order valence-corrected chi connectivity index (χ1v) is 7.73. The molecule has 0 unspecified atom stereocenters. The Labute approximate surface area is 111 Å². The van der Waals surface area contributed by atoms with Gasteiger partial charge in [-0.2, -0.15) is 0 Å². The van der Waals surface area contributed by atoms with Crippen molar-refractivity contribution in [1.82, 2.24) is 0 Å². The van der Waals surface area contributed by atoms with E-state index in [9.17, 15) is 0 Å². The number of thioether (sulfide) groups is 2. The van der Waals surface area contributed by atoms with Gasteiger partial charge in [-0.1, -0.05) is 0 Å². The predicted octanol–water partition coefficient (Wildman–Crippen LogP) is 4.92. The molecule has 0 aliphatic carbocycles. The lowest BCUT2D eigenvalue weighted by Crippen LogP contribution is -1.83. The zero-order valence-corrected chi connectivity index (χ0v) is 11.5. The van der Waals surface area contributed by atoms with E-state index in [1.165, 1.54) is 9.79 Å². The quantitative estimate of drug-likeness (QED) is 0.724. The summed E-state index contributed by atoms with van der Waals surface area (Å²) in [6, 6.07) is 16.2. The average molecular weight is 262 g/mol. The lowest BCUT2D eigenvalue weighted by molar-refractivity contribution is 0.482. The Hall–Kier alpha value is -1.06. The van der Waals surface area contributed by atoms with Gasteiger partial charge in [0, 0.05) is 9.79 Å². The normalized spacial score (nSPS) is 10.2. The van der Waals surface area contributed by atoms with Crippen molar-refractivity contribution in [3.63, 3.8) is 0 Å². The standard InChI is InChI=1S/C14H14OS2/c1-16-13-7-3-11(4-8-13)15-12-5-9-14(17-2)10-6-12/h3-10H,1-2H3. The van der Waals surface area contributed by atoms with E-state index in [-0.39, 0.29) is 0 Å². The van der Waals surface area contributed by atoms with Crippen LogP contribution in [0.4, 0.5) is 0 Å². The first-order valence-electron chi connectivity index (χ1n) is 5.28. The van der Waals surface area contributed by atoms with E-state index in [1.54, 1.807) is 23.5 Å². The zero-order valence-electron chi connectivity index (χ0n) is 9.84. The van der Waals surface area contributed by atoms with E-state index in [2.05, 4.69) is 36.8 Å². The molecule has 0 heterocycles. The summed E-state index contributed by atoms with van der Waals surface area (Å²) in [5.41, 5.74) is 0. The molecule has 0 spiro atoms. The van der Waals surface area contributed by atoms with Gasteiger partial charge in [0.15, 0.2) is 0 Å². The van der Waals surface area contributed by atoms with Gasteiger partial charge in [-0.15, -0.1) is 23.5 Å². The maximum Gasteiger partial charge on any atom is 0.127 e. The molecule has 0 bridgehead atoms. The van der Waals surface area contributed by atoms with Crippen molar-refractivity contribution < 1.29 is 4.74 Å². The second kappa shape index (κ2) is 6.03. The summed E-state index contributed by atoms with van der Waals surface area (Å²) in [7, 11) is 0. The summed E-state index contributed by atoms with van der Waals surface area (Å²) in [4.78, 5) is 2.49. The molecule has 0 N–H and O–H groups in total. The van der Waals surface area contributed by atoms with Crippen molar-refractivity contribution in [2.45, 2.75) is 9.79 Å². The lowest BCUT2D eigenvalue weighted by Gasteiger charge is -2.06. The van der Waals surface area contributed by atoms with E-state index < -0.39 is 0 Å². The molecule has 0 atom stereocenters. The molecular weight excluding hydrogens is 248 g/mol. The maximum absolute atomic E-state index is 5.76. The third-order valence-corrected chi connectivity index (χ3v) is 3.84. The van der Waals surface area contributed by atoms with E-state index in [0.29, 0.717) is 0 Å². The molecule has 1 nitrogen and oxygen atoms in total. The highest BCUT2D eigenvalue weighted by molar-refractivity contribution is 7.98. The molecule has 0 radical (unpaired) electrons. The molecule has 2 aromatic carbocycles. The van der Waals surface area contributed by atoms with Gasteiger partial charge in [-0.3, -0.25) is 0 Å². The van der Waals surface area contributed by atoms with E-state index >= 15 is 0 Å². The topological polar surface area (TPSA) is 9.23 Å². The second-order valence-electron chi connectivity index (χ2n) is 3.45. The molecular formula is C14H14OS2. The summed E-state index contributed by atoms with van der Waals surface area (Å²) >= 11 is 3.46. The summed E-state index contributed by atoms with van der Waals surface area (Å²) in [5, 5.41) is 0. The average Bonchev–Trinajstić information content (AvgIpc) is 2.40. The molecule has 2 rings (SSSR count). The van der Waals surface area contributed by atoms with Crippen molar-refractivity contribution >= 4 is 23.5 Å². The lowest BCUT2D eigenvalue weighted by atomic mass is 10.3. The van der Waals surface area contributed by atoms with Gasteiger partial charge in [-0.05, 0) is 61.0 Å². The minimum atomic E-state index is 0.875. The molecule has 0 fully saturated rings. The third kappa shape index (κ3) is 3.45. The van der Waals surface area contributed by atoms with Crippen LogP contribution in [0.5, 0.6) is 11.5 Å². The van der Waals surface area contributed by atoms with Crippen molar-refractivity contribution in [2.75, 3.05) is 12.5 Å². The summed E-state index contributed by atoms with van der Waals surface area (Å²) < 4.78 is 5.76. The van der Waals surface area contributed by atoms with Gasteiger partial charge in [0.1, 0.15) is 11.5 Å². The van der Waals surface area contributed by atoms with Gasteiger partial charge in [0.25, 0.3) is 0 Å². The molecule has 0 saturated heterocycles. The molecule has 0 aromatic heterocycles. The molecule has 0 aliphatic rings. The number of hydrogen-bond acceptors (Lipinski definition) is 3. The summed E-state index contributed by atoms with van der Waals surface area (Å²) in [6.45, 7) is 0. The SMILES string of the molecule is CSc1ccc(Oc2ccc(SC)cc2)cc1. The Morgan fingerprint density at radius 2 is 1.00 bits per heavy atom. The van der Waals surface area contributed by atoms with E-state index in [0.717, 1.165) is 11.5 Å². The Morgan fingerprint density at radius 3 is 1.29 bits per heavy atom. The molecule has 88 valence electrons. The van der Waals surface area contributed by atoms with Crippen molar-refractivity contribution in [2.24, 2.45) is 0 Å². The highest BCUT2D eigenvalue weighted by Gasteiger charge is 1.98. The van der Waals surface area contributed by atoms with Crippen molar-refractivity contribution in [3.05, 3.63) is 48.5 Å². The van der Waals surface area contributed by atoms with E-state index in [4.69, 9.17) is 4.74 Å². The van der Waals surface area contributed by atoms with Crippen LogP contribution >= 0.6 is 23.5 Å². The number of rotatable bonds is 4. The van der Waals surface area contributed by atoms with Gasteiger partial charge in [0.2, 0.25) is 0 Å². The summed E-state index contributed by atoms with van der Waals surface area (Å²) in [5.74, 6) is 1.75. The van der Waals surface area contributed by atoms with Gasteiger partial charge in [-0.25, -0.2) is 0 Å². The van der Waals surface area contributed by atoms with E-state index in [1.807, 2.05) is 24.3 Å². The third-order valence-electron chi connectivity index (χ3n) is 2.35. The smallest absolute Gasteiger partial charge is 0.127 e. The first-order chi connectivity index (χ1) is 8.31. The highest BCUT2D eigenvalue weighted by Crippen LogP contribution is 2.25.